The van der Waals surface area contributed by atoms with Crippen molar-refractivity contribution in [3.63, 3.8) is 0 Å². The van der Waals surface area contributed by atoms with E-state index in [-0.39, 0.29) is 11.4 Å². The van der Waals surface area contributed by atoms with E-state index in [0.717, 1.165) is 15.4 Å². The molecule has 7 nitrogen and oxygen atoms in total. The van der Waals surface area contributed by atoms with Crippen LogP contribution in [-0.2, 0) is 6.61 Å². The molecule has 0 aliphatic carbocycles. The first kappa shape index (κ1) is 27.8. The lowest BCUT2D eigenvalue weighted by Crippen LogP contribution is -2.20. The van der Waals surface area contributed by atoms with Crippen molar-refractivity contribution < 1.29 is 13.9 Å². The van der Waals surface area contributed by atoms with Crippen LogP contribution in [0.2, 0.25) is 5.02 Å². The molecule has 0 bridgehead atoms. The van der Waals surface area contributed by atoms with Crippen LogP contribution in [0, 0.1) is 6.92 Å². The molecule has 0 saturated heterocycles. The molecular weight excluding hydrogens is 618 g/mol. The molecule has 4 aromatic carbocycles. The lowest BCUT2D eigenvalue weighted by molar-refractivity contribution is 0.269. The minimum Gasteiger partial charge on any atom is -0.490 e. The Balaban J connectivity index is 1.40. The van der Waals surface area contributed by atoms with Gasteiger partial charge in [-0.2, -0.15) is 9.78 Å². The predicted molar refractivity (Wildman–Crippen MR) is 170 cm³/mol. The van der Waals surface area contributed by atoms with Crippen LogP contribution in [0.15, 0.2) is 104 Å². The van der Waals surface area contributed by atoms with Gasteiger partial charge in [-0.3, -0.25) is 4.79 Å². The smallest absolute Gasteiger partial charge is 0.282 e. The van der Waals surface area contributed by atoms with E-state index < -0.39 is 0 Å². The molecule has 0 atom stereocenters. The second-order valence-corrected chi connectivity index (χ2v) is 10.9. The second kappa shape index (κ2) is 11.8. The summed E-state index contributed by atoms with van der Waals surface area (Å²) in [4.78, 5) is 18.4. The SMILES string of the molecule is CCOc1cc(C=Nn2c(-c3cc4cc(Cl)ccc4o3)nc3ccccc3c2=O)c(Br)cc1OCc1ccc(C)cc1. The molecule has 42 heavy (non-hydrogen) atoms. The van der Waals surface area contributed by atoms with Crippen molar-refractivity contribution in [1.29, 1.82) is 0 Å². The molecule has 6 rings (SSSR count). The molecule has 0 unspecified atom stereocenters. The third-order valence-corrected chi connectivity index (χ3v) is 7.56. The number of aromatic nitrogens is 2. The third kappa shape index (κ3) is 5.68. The van der Waals surface area contributed by atoms with E-state index >= 15 is 0 Å². The summed E-state index contributed by atoms with van der Waals surface area (Å²) in [6.45, 7) is 4.80. The molecule has 0 fully saturated rings. The van der Waals surface area contributed by atoms with Gasteiger partial charge < -0.3 is 13.9 Å². The predicted octanol–water partition coefficient (Wildman–Crippen LogP) is 8.39. The van der Waals surface area contributed by atoms with Gasteiger partial charge in [0.2, 0.25) is 5.82 Å². The van der Waals surface area contributed by atoms with Crippen molar-refractivity contribution in [2.24, 2.45) is 5.10 Å². The summed E-state index contributed by atoms with van der Waals surface area (Å²) in [5, 5.41) is 6.40. The average molecular weight is 643 g/mol. The van der Waals surface area contributed by atoms with Gasteiger partial charge in [0.1, 0.15) is 12.2 Å². The number of furan rings is 1. The van der Waals surface area contributed by atoms with Crippen LogP contribution >= 0.6 is 27.5 Å². The Kier molecular flexibility index (Phi) is 7.82. The molecular formula is C33H25BrClN3O4. The fourth-order valence-corrected chi connectivity index (χ4v) is 5.12. The minimum absolute atomic E-state index is 0.265. The van der Waals surface area contributed by atoms with Crippen LogP contribution < -0.4 is 15.0 Å². The molecule has 210 valence electrons. The lowest BCUT2D eigenvalue weighted by atomic mass is 10.1. The van der Waals surface area contributed by atoms with E-state index in [9.17, 15) is 4.79 Å². The molecule has 0 N–H and O–H groups in total. The van der Waals surface area contributed by atoms with E-state index in [4.69, 9.17) is 30.5 Å². The minimum atomic E-state index is -0.329. The van der Waals surface area contributed by atoms with Gasteiger partial charge in [0, 0.05) is 20.4 Å². The fourth-order valence-electron chi connectivity index (χ4n) is 4.51. The van der Waals surface area contributed by atoms with Crippen LogP contribution in [0.3, 0.4) is 0 Å². The van der Waals surface area contributed by atoms with E-state index in [1.54, 1.807) is 48.7 Å². The number of benzene rings is 4. The number of ether oxygens (including phenoxy) is 2. The first-order valence-electron chi connectivity index (χ1n) is 13.3. The van der Waals surface area contributed by atoms with Crippen LogP contribution in [-0.4, -0.2) is 22.5 Å². The quantitative estimate of drug-likeness (QED) is 0.156. The average Bonchev–Trinajstić information content (AvgIpc) is 3.41. The van der Waals surface area contributed by atoms with Crippen LogP contribution in [0.5, 0.6) is 11.5 Å². The number of para-hydroxylation sites is 1. The number of aryl methyl sites for hydroxylation is 1. The summed E-state index contributed by atoms with van der Waals surface area (Å²) in [7, 11) is 0. The fraction of sp³-hybridized carbons (Fsp3) is 0.121. The Bertz CT molecular complexity index is 2020. The van der Waals surface area contributed by atoms with Crippen molar-refractivity contribution in [2.45, 2.75) is 20.5 Å². The Morgan fingerprint density at radius 3 is 2.60 bits per heavy atom. The summed E-state index contributed by atoms with van der Waals surface area (Å²) in [6, 6.07) is 26.1. The molecule has 0 radical (unpaired) electrons. The summed E-state index contributed by atoms with van der Waals surface area (Å²) >= 11 is 9.82. The van der Waals surface area contributed by atoms with Gasteiger partial charge in [-0.15, -0.1) is 0 Å². The highest BCUT2D eigenvalue weighted by molar-refractivity contribution is 9.10. The largest absolute Gasteiger partial charge is 0.490 e. The van der Waals surface area contributed by atoms with Crippen LogP contribution in [0.4, 0.5) is 0 Å². The molecule has 9 heteroatoms. The standard InChI is InChI=1S/C33H25BrClN3O4/c1-3-40-29-16-23(26(34)17-30(29)41-19-21-10-8-20(2)9-11-21)18-36-38-32(37-27-7-5-4-6-25(27)33(38)39)31-15-22-14-24(35)12-13-28(22)42-31/h4-18H,3,19H2,1-2H3. The van der Waals surface area contributed by atoms with Gasteiger partial charge >= 0.3 is 0 Å². The Hall–Kier alpha value is -4.40. The summed E-state index contributed by atoms with van der Waals surface area (Å²) in [5.41, 5.74) is 3.75. The number of rotatable bonds is 8. The first-order chi connectivity index (χ1) is 20.4. The van der Waals surface area contributed by atoms with E-state index in [1.165, 1.54) is 10.2 Å². The molecule has 0 aliphatic rings. The zero-order valence-electron chi connectivity index (χ0n) is 22.8. The van der Waals surface area contributed by atoms with Crippen LogP contribution in [0.1, 0.15) is 23.6 Å². The van der Waals surface area contributed by atoms with Gasteiger partial charge in [-0.1, -0.05) is 53.6 Å². The Morgan fingerprint density at radius 2 is 1.79 bits per heavy atom. The number of fused-ring (bicyclic) bond motifs is 2. The van der Waals surface area contributed by atoms with Crippen molar-refractivity contribution in [1.82, 2.24) is 9.66 Å². The van der Waals surface area contributed by atoms with Gasteiger partial charge in [-0.05, 0) is 83.9 Å². The molecule has 0 aliphatic heterocycles. The topological polar surface area (TPSA) is 78.9 Å². The summed E-state index contributed by atoms with van der Waals surface area (Å²) in [5.74, 6) is 1.81. The van der Waals surface area contributed by atoms with Crippen molar-refractivity contribution in [3.8, 4) is 23.1 Å². The maximum Gasteiger partial charge on any atom is 0.282 e. The summed E-state index contributed by atoms with van der Waals surface area (Å²) < 4.78 is 20.0. The van der Waals surface area contributed by atoms with E-state index in [0.29, 0.717) is 57.5 Å². The highest BCUT2D eigenvalue weighted by Gasteiger charge is 2.17. The molecule has 6 aromatic rings. The Morgan fingerprint density at radius 1 is 1.00 bits per heavy atom. The van der Waals surface area contributed by atoms with Crippen molar-refractivity contribution >= 4 is 55.6 Å². The second-order valence-electron chi connectivity index (χ2n) is 9.63. The van der Waals surface area contributed by atoms with Gasteiger partial charge in [-0.25, -0.2) is 4.98 Å². The number of hydrogen-bond acceptors (Lipinski definition) is 6. The normalized spacial score (nSPS) is 11.5. The van der Waals surface area contributed by atoms with Crippen LogP contribution in [0.25, 0.3) is 33.5 Å². The number of nitrogens with zero attached hydrogens (tertiary/aromatic N) is 3. The zero-order chi connectivity index (χ0) is 29.2. The molecule has 0 saturated carbocycles. The third-order valence-electron chi connectivity index (χ3n) is 6.64. The summed E-state index contributed by atoms with van der Waals surface area (Å²) in [6.07, 6.45) is 1.58. The molecule has 2 aromatic heterocycles. The monoisotopic (exact) mass is 641 g/mol. The molecule has 0 spiro atoms. The van der Waals surface area contributed by atoms with Gasteiger partial charge in [0.05, 0.1) is 23.7 Å². The van der Waals surface area contributed by atoms with Gasteiger partial charge in [0.15, 0.2) is 17.3 Å². The lowest BCUT2D eigenvalue weighted by Gasteiger charge is -2.14. The molecule has 0 amide bonds. The Labute approximate surface area is 255 Å². The van der Waals surface area contributed by atoms with E-state index in [1.807, 2.05) is 44.2 Å². The maximum atomic E-state index is 13.7. The van der Waals surface area contributed by atoms with Crippen molar-refractivity contribution in [3.05, 3.63) is 121 Å². The van der Waals surface area contributed by atoms with E-state index in [2.05, 4.69) is 33.2 Å². The highest BCUT2D eigenvalue weighted by atomic mass is 79.9. The number of hydrogen-bond donors (Lipinski definition) is 0. The highest BCUT2D eigenvalue weighted by Crippen LogP contribution is 2.34. The zero-order valence-corrected chi connectivity index (χ0v) is 25.1. The first-order valence-corrected chi connectivity index (χ1v) is 14.5. The van der Waals surface area contributed by atoms with Crippen molar-refractivity contribution in [2.75, 3.05) is 6.61 Å². The van der Waals surface area contributed by atoms with Gasteiger partial charge in [0.25, 0.3) is 5.56 Å². The molecule has 2 heterocycles. The maximum absolute atomic E-state index is 13.7. The number of halogens is 2.